The number of hydrogen-bond acceptors (Lipinski definition) is 11. The van der Waals surface area contributed by atoms with Crippen molar-refractivity contribution in [2.45, 2.75) is 87.3 Å². The maximum absolute atomic E-state index is 15.2. The summed E-state index contributed by atoms with van der Waals surface area (Å²) in [6.07, 6.45) is 3.41. The first-order valence-electron chi connectivity index (χ1n) is 18.6. The van der Waals surface area contributed by atoms with Crippen LogP contribution in [0.25, 0.3) is 10.8 Å². The predicted octanol–water partition coefficient (Wildman–Crippen LogP) is 5.02. The Balaban J connectivity index is 1.38. The van der Waals surface area contributed by atoms with Crippen molar-refractivity contribution in [2.24, 2.45) is 11.3 Å². The molecule has 1 saturated heterocycles. The summed E-state index contributed by atoms with van der Waals surface area (Å²) in [6, 6.07) is 8.60. The third-order valence-corrected chi connectivity index (χ3v) is 14.6. The fraction of sp³-hybridized carbons (Fsp3) is 0.487. The Hall–Kier alpha value is -4.45. The summed E-state index contributed by atoms with van der Waals surface area (Å²) in [5.74, 6) is -1.80. The number of aromatic nitrogens is 1. The highest BCUT2D eigenvalue weighted by Gasteiger charge is 2.68. The molecule has 1 aliphatic heterocycles. The van der Waals surface area contributed by atoms with Crippen molar-refractivity contribution in [1.82, 2.24) is 23.8 Å². The lowest BCUT2D eigenvalue weighted by molar-refractivity contribution is -0.141. The summed E-state index contributed by atoms with van der Waals surface area (Å²) >= 11 is 6.34. The first kappa shape index (κ1) is 42.2. The fourth-order valence-corrected chi connectivity index (χ4v) is 9.74. The standard InChI is InChI=1S/C39H49ClN6O9S2/c1-9-24-20-39(24,36(48)43-56(50,51)28-14-15-28)46(35(47)33(38(3,4)5)42-26-11-10-12-29(19-26)57(52,53)44(6)7)37(49)45-22-27(17-23(45)2)55-34-31-18-25(40)13-16-30(31)32(54-8)21-41-34/h9-13,16,18-19,21,23-24,27-28,33,42H,1,14-15,17,20,22H2,2-8H3,(H,43,48)/t23?,24-,27-,33-,39-/m1/s1. The number of nitrogens with one attached hydrogen (secondary N) is 2. The molecule has 2 aromatic carbocycles. The van der Waals surface area contributed by atoms with Crippen molar-refractivity contribution in [3.05, 3.63) is 66.3 Å². The normalized spacial score (nSPS) is 22.8. The third-order valence-electron chi connectivity index (χ3n) is 10.8. The maximum atomic E-state index is 15.2. The van der Waals surface area contributed by atoms with E-state index in [1.807, 2.05) is 0 Å². The molecule has 2 saturated carbocycles. The molecule has 4 amide bonds. The van der Waals surface area contributed by atoms with E-state index in [9.17, 15) is 21.6 Å². The number of methoxy groups -OCH3 is 1. The van der Waals surface area contributed by atoms with E-state index in [-0.39, 0.29) is 29.4 Å². The van der Waals surface area contributed by atoms with Crippen molar-refractivity contribution in [1.29, 1.82) is 0 Å². The number of anilines is 1. The second kappa shape index (κ2) is 15.4. The van der Waals surface area contributed by atoms with Crippen LogP contribution in [0.1, 0.15) is 53.4 Å². The van der Waals surface area contributed by atoms with Gasteiger partial charge in [0.25, 0.3) is 11.8 Å². The number of carbonyl (C=O) groups excluding carboxylic acids is 3. The molecule has 18 heteroatoms. The molecule has 57 heavy (non-hydrogen) atoms. The van der Waals surface area contributed by atoms with Gasteiger partial charge in [-0.3, -0.25) is 14.3 Å². The largest absolute Gasteiger partial charge is 0.494 e. The Kier molecular flexibility index (Phi) is 11.4. The van der Waals surface area contributed by atoms with E-state index in [4.69, 9.17) is 21.1 Å². The average Bonchev–Trinajstić information content (AvgIpc) is 4.07. The molecule has 3 fully saturated rings. The zero-order valence-electron chi connectivity index (χ0n) is 33.0. The Morgan fingerprint density at radius 2 is 1.79 bits per heavy atom. The number of urea groups is 1. The number of likely N-dealkylation sites (tertiary alicyclic amines) is 1. The number of benzene rings is 2. The van der Waals surface area contributed by atoms with Gasteiger partial charge in [-0.2, -0.15) is 0 Å². The van der Waals surface area contributed by atoms with Gasteiger partial charge in [-0.15, -0.1) is 6.58 Å². The number of carbonyl (C=O) groups is 3. The van der Waals surface area contributed by atoms with Crippen LogP contribution in [0, 0.1) is 11.3 Å². The molecule has 6 rings (SSSR count). The number of rotatable bonds is 13. The number of hydrogen-bond donors (Lipinski definition) is 2. The van der Waals surface area contributed by atoms with Crippen LogP contribution in [0.3, 0.4) is 0 Å². The van der Waals surface area contributed by atoms with Gasteiger partial charge in [0.05, 0.1) is 30.0 Å². The van der Waals surface area contributed by atoms with E-state index < -0.39 is 78.2 Å². The molecule has 15 nitrogen and oxygen atoms in total. The molecule has 3 aromatic rings. The van der Waals surface area contributed by atoms with Crippen LogP contribution < -0.4 is 19.5 Å². The van der Waals surface area contributed by atoms with Gasteiger partial charge in [0.15, 0.2) is 0 Å². The molecule has 0 bridgehead atoms. The topological polar surface area (TPSA) is 185 Å². The smallest absolute Gasteiger partial charge is 0.328 e. The number of nitrogens with zero attached hydrogens (tertiary/aromatic N) is 4. The van der Waals surface area contributed by atoms with Gasteiger partial charge >= 0.3 is 6.03 Å². The van der Waals surface area contributed by atoms with Gasteiger partial charge in [0.2, 0.25) is 25.9 Å². The Morgan fingerprint density at radius 1 is 1.09 bits per heavy atom. The Morgan fingerprint density at radius 3 is 2.39 bits per heavy atom. The van der Waals surface area contributed by atoms with Gasteiger partial charge in [-0.1, -0.05) is 44.5 Å². The summed E-state index contributed by atoms with van der Waals surface area (Å²) in [6.45, 7) is 10.9. The minimum Gasteiger partial charge on any atom is -0.494 e. The van der Waals surface area contributed by atoms with Crippen molar-refractivity contribution in [3.63, 3.8) is 0 Å². The molecule has 5 atom stereocenters. The molecule has 2 N–H and O–H groups in total. The van der Waals surface area contributed by atoms with Crippen LogP contribution in [0.15, 0.2) is 66.2 Å². The van der Waals surface area contributed by atoms with Gasteiger partial charge in [0, 0.05) is 54.0 Å². The van der Waals surface area contributed by atoms with Gasteiger partial charge in [0.1, 0.15) is 23.4 Å². The number of fused-ring (bicyclic) bond motifs is 1. The molecular formula is C39H49ClN6O9S2. The summed E-state index contributed by atoms with van der Waals surface area (Å²) in [4.78, 5) is 51.4. The fourth-order valence-electron chi connectivity index (χ4n) is 7.26. The highest BCUT2D eigenvalue weighted by molar-refractivity contribution is 7.91. The lowest BCUT2D eigenvalue weighted by Crippen LogP contribution is -2.64. The average molecular weight is 845 g/mol. The van der Waals surface area contributed by atoms with E-state index in [0.29, 0.717) is 40.8 Å². The van der Waals surface area contributed by atoms with Crippen molar-refractivity contribution in [2.75, 3.05) is 33.1 Å². The van der Waals surface area contributed by atoms with Gasteiger partial charge < -0.3 is 19.7 Å². The Bertz CT molecular complexity index is 2330. The molecule has 308 valence electrons. The summed E-state index contributed by atoms with van der Waals surface area (Å²) in [5, 5.41) is 4.17. The van der Waals surface area contributed by atoms with E-state index >= 15 is 9.59 Å². The first-order chi connectivity index (χ1) is 26.6. The Labute approximate surface area is 338 Å². The molecule has 3 aliphatic rings. The van der Waals surface area contributed by atoms with Crippen LogP contribution in [0.4, 0.5) is 10.5 Å². The zero-order valence-corrected chi connectivity index (χ0v) is 35.4. The maximum Gasteiger partial charge on any atom is 0.328 e. The zero-order chi connectivity index (χ0) is 41.8. The van der Waals surface area contributed by atoms with Gasteiger partial charge in [-0.25, -0.2) is 35.8 Å². The van der Waals surface area contributed by atoms with Crippen LogP contribution in [0.5, 0.6) is 11.6 Å². The van der Waals surface area contributed by atoms with Gasteiger partial charge in [-0.05, 0) is 68.0 Å². The monoisotopic (exact) mass is 844 g/mol. The third kappa shape index (κ3) is 8.16. The van der Waals surface area contributed by atoms with Crippen molar-refractivity contribution in [3.8, 4) is 11.6 Å². The SMILES string of the molecule is C=C[C@@H]1C[C@@]1(C(=O)NS(=O)(=O)C1CC1)N(C(=O)[C@@H](Nc1cccc(S(=O)(=O)N(C)C)c1)C(C)(C)C)C(=O)N1C[C@H](Oc2ncc(OC)c3ccc(Cl)cc23)CC1C. The second-order valence-electron chi connectivity index (χ2n) is 16.2. The summed E-state index contributed by atoms with van der Waals surface area (Å²) in [7, 11) is -3.61. The molecular weight excluding hydrogens is 796 g/mol. The summed E-state index contributed by atoms with van der Waals surface area (Å²) < 4.78 is 67.5. The molecule has 0 spiro atoms. The van der Waals surface area contributed by atoms with E-state index in [0.717, 1.165) is 9.21 Å². The summed E-state index contributed by atoms with van der Waals surface area (Å²) in [5.41, 5.74) is -2.60. The highest BCUT2D eigenvalue weighted by atomic mass is 35.5. The van der Waals surface area contributed by atoms with Crippen molar-refractivity contribution >= 4 is 66.0 Å². The number of amides is 4. The van der Waals surface area contributed by atoms with E-state index in [1.54, 1.807) is 52.0 Å². The molecule has 1 aromatic heterocycles. The molecule has 0 radical (unpaired) electrons. The molecule has 2 heterocycles. The lowest BCUT2D eigenvalue weighted by Gasteiger charge is -2.40. The minimum absolute atomic E-state index is 0.00553. The number of sulfonamides is 2. The first-order valence-corrected chi connectivity index (χ1v) is 21.9. The number of halogens is 1. The van der Waals surface area contributed by atoms with E-state index in [1.165, 1.54) is 56.6 Å². The number of imide groups is 1. The van der Waals surface area contributed by atoms with Crippen LogP contribution in [-0.2, 0) is 29.6 Å². The van der Waals surface area contributed by atoms with Crippen LogP contribution in [0.2, 0.25) is 5.02 Å². The number of ether oxygens (including phenoxy) is 2. The quantitative estimate of drug-likeness (QED) is 0.220. The molecule has 1 unspecified atom stereocenters. The van der Waals surface area contributed by atoms with Crippen molar-refractivity contribution < 1.29 is 40.7 Å². The van der Waals surface area contributed by atoms with Crippen LogP contribution >= 0.6 is 11.6 Å². The predicted molar refractivity (Wildman–Crippen MR) is 216 cm³/mol. The van der Waals surface area contributed by atoms with Crippen LogP contribution in [-0.4, -0.2) is 110 Å². The number of pyridine rings is 1. The lowest BCUT2D eigenvalue weighted by atomic mass is 9.85. The second-order valence-corrected chi connectivity index (χ2v) is 20.7. The highest BCUT2D eigenvalue weighted by Crippen LogP contribution is 2.52. The minimum atomic E-state index is -4.09. The molecule has 2 aliphatic carbocycles. The van der Waals surface area contributed by atoms with E-state index in [2.05, 4.69) is 21.6 Å².